The number of allylic oxidation sites excluding steroid dienone is 2. The minimum absolute atomic E-state index is 0.00361. The molecule has 0 aromatic heterocycles. The molecule has 1 saturated heterocycles. The number of rotatable bonds is 32. The fraction of sp³-hybridized carbons (Fsp3) is 0.544. The molecule has 2 aliphatic rings. The Morgan fingerprint density at radius 3 is 1.60 bits per heavy atom. The Kier molecular flexibility index (Phi) is 38.4. The number of ketones is 2. The van der Waals surface area contributed by atoms with Crippen LogP contribution in [0.5, 0.6) is 23.0 Å². The molecule has 1 heterocycles. The molecule has 2 fully saturated rings. The van der Waals surface area contributed by atoms with Gasteiger partial charge in [0.2, 0.25) is 70.7 Å². The number of carbonyl (C=O) groups excluding carboxylic acids is 13. The number of guanidine groups is 2. The summed E-state index contributed by atoms with van der Waals surface area (Å²) in [4.78, 5) is 204. The maximum Gasteiger partial charge on any atom is 0.305 e. The van der Waals surface area contributed by atoms with Gasteiger partial charge < -0.3 is 99.7 Å². The first-order valence-electron chi connectivity index (χ1n) is 38.8. The number of benzene rings is 3. The van der Waals surface area contributed by atoms with Crippen LogP contribution in [0.2, 0.25) is 0 Å². The lowest BCUT2D eigenvalue weighted by Crippen LogP contribution is -2.61. The number of aliphatic carboxylic acids is 1. The van der Waals surface area contributed by atoms with E-state index in [0.717, 1.165) is 4.90 Å². The number of aromatic hydroxyl groups is 1. The van der Waals surface area contributed by atoms with Gasteiger partial charge in [-0.1, -0.05) is 84.0 Å². The van der Waals surface area contributed by atoms with E-state index in [2.05, 4.69) is 63.8 Å². The number of ether oxygens (including phenoxy) is 3. The minimum atomic E-state index is -1.94. The quantitative estimate of drug-likeness (QED) is 0.00757. The van der Waals surface area contributed by atoms with Gasteiger partial charge >= 0.3 is 5.97 Å². The largest absolute Gasteiger partial charge is 0.508 e. The van der Waals surface area contributed by atoms with E-state index >= 15 is 28.8 Å². The summed E-state index contributed by atoms with van der Waals surface area (Å²) in [5.41, 5.74) is 17.7. The molecule has 9 atom stereocenters. The van der Waals surface area contributed by atoms with Gasteiger partial charge in [-0.2, -0.15) is 0 Å². The summed E-state index contributed by atoms with van der Waals surface area (Å²) in [6.07, 6.45) is -2.92. The molecule has 3 aromatic carbocycles. The van der Waals surface area contributed by atoms with Crippen LogP contribution < -0.4 is 95.2 Å². The van der Waals surface area contributed by atoms with Gasteiger partial charge in [0, 0.05) is 61.5 Å². The number of phenolic OH excluding ortho intramolecular Hbond substituents is 1. The predicted octanol–water partition coefficient (Wildman–Crippen LogP) is 0.249. The number of imide groups is 1. The number of carboxylic acid groups (broad SMARTS) is 1. The summed E-state index contributed by atoms with van der Waals surface area (Å²) in [5.74, 6) is -15.2. The summed E-state index contributed by atoms with van der Waals surface area (Å²) in [6, 6.07) is -0.0619. The van der Waals surface area contributed by atoms with Crippen LogP contribution in [-0.2, 0) is 86.5 Å². The van der Waals surface area contributed by atoms with E-state index in [-0.39, 0.29) is 153 Å². The van der Waals surface area contributed by atoms with Crippen molar-refractivity contribution >= 4 is 107 Å². The minimum Gasteiger partial charge on any atom is -0.508 e. The van der Waals surface area contributed by atoms with Gasteiger partial charge in [0.25, 0.3) is 0 Å². The van der Waals surface area contributed by atoms with Gasteiger partial charge in [0.1, 0.15) is 48.0 Å². The number of methoxy groups -OCH3 is 3. The second kappa shape index (κ2) is 46.8. The van der Waals surface area contributed by atoms with E-state index < -0.39 is 181 Å². The first kappa shape index (κ1) is 96.0. The van der Waals surface area contributed by atoms with E-state index in [4.69, 9.17) is 54.9 Å². The molecule has 37 nitrogen and oxygen atoms in total. The van der Waals surface area contributed by atoms with Gasteiger partial charge in [0.15, 0.2) is 35.0 Å². The zero-order valence-corrected chi connectivity index (χ0v) is 68.8. The van der Waals surface area contributed by atoms with Crippen molar-refractivity contribution in [2.75, 3.05) is 47.5 Å². The first-order valence-corrected chi connectivity index (χ1v) is 39.2. The van der Waals surface area contributed by atoms with Crippen molar-refractivity contribution in [3.8, 4) is 23.0 Å². The first-order chi connectivity index (χ1) is 55.2. The van der Waals surface area contributed by atoms with Crippen molar-refractivity contribution in [2.24, 2.45) is 34.5 Å². The van der Waals surface area contributed by atoms with Crippen LogP contribution in [0, 0.1) is 28.1 Å². The Labute approximate surface area is 685 Å². The summed E-state index contributed by atoms with van der Waals surface area (Å²) in [7, 11) is 3.95. The topological polar surface area (TPSA) is 580 Å². The third kappa shape index (κ3) is 31.5. The highest BCUT2D eigenvalue weighted by molar-refractivity contribution is 7.80. The molecule has 117 heavy (non-hydrogen) atoms. The fourth-order valence-corrected chi connectivity index (χ4v) is 13.6. The maximum atomic E-state index is 15.4. The van der Waals surface area contributed by atoms with Crippen LogP contribution in [0.15, 0.2) is 76.8 Å². The van der Waals surface area contributed by atoms with Crippen LogP contribution >= 0.6 is 12.6 Å². The molecule has 38 heteroatoms. The number of hydrogen-bond donors (Lipinski definition) is 20. The summed E-state index contributed by atoms with van der Waals surface area (Å²) < 4.78 is 17.0. The van der Waals surface area contributed by atoms with Crippen molar-refractivity contribution in [3.05, 3.63) is 88.6 Å². The normalized spacial score (nSPS) is 21.4. The number of thiol groups is 1. The molecule has 1 saturated carbocycles. The van der Waals surface area contributed by atoms with Gasteiger partial charge in [0.05, 0.1) is 58.5 Å². The summed E-state index contributed by atoms with van der Waals surface area (Å²) in [5, 5.41) is 68.2. The second-order valence-electron chi connectivity index (χ2n) is 30.5. The Bertz CT molecular complexity index is 4070. The van der Waals surface area contributed by atoms with E-state index in [0.29, 0.717) is 23.2 Å². The van der Waals surface area contributed by atoms with E-state index in [1.165, 1.54) is 58.6 Å². The number of unbranched alkanes of at least 4 members (excludes halogenated alkanes) is 1. The molecule has 0 radical (unpaired) electrons. The maximum absolute atomic E-state index is 15.4. The molecule has 11 amide bonds. The molecule has 642 valence electrons. The number of nitrogens with zero attached hydrogens (tertiary/aromatic N) is 1. The highest BCUT2D eigenvalue weighted by Crippen LogP contribution is 2.44. The van der Waals surface area contributed by atoms with Crippen molar-refractivity contribution < 1.29 is 91.5 Å². The molecule has 0 spiro atoms. The molecule has 1 aliphatic heterocycles. The van der Waals surface area contributed by atoms with Crippen LogP contribution in [0.3, 0.4) is 0 Å². The van der Waals surface area contributed by atoms with Crippen molar-refractivity contribution in [1.82, 2.24) is 68.7 Å². The fourth-order valence-electron chi connectivity index (χ4n) is 13.4. The predicted molar refractivity (Wildman–Crippen MR) is 434 cm³/mol. The monoisotopic (exact) mass is 1650 g/mol. The Balaban J connectivity index is 1.76. The van der Waals surface area contributed by atoms with Crippen LogP contribution in [0.4, 0.5) is 0 Å². The third-order valence-electron chi connectivity index (χ3n) is 19.3. The number of hydrogen-bond acceptors (Lipinski definition) is 23. The summed E-state index contributed by atoms with van der Waals surface area (Å²) >= 11 is 4.71. The van der Waals surface area contributed by atoms with E-state index in [1.807, 2.05) is 27.7 Å². The SMILES string of the molecule is COc1cc(S)c(CN2C(=O)CNC(=O)[C@H](CCCNC(=N)N)NC(=O)[C@H](CC(C)C)NC(=O)C(Cc3ccccc3)N[C@@H](CC(=O)O)C(=O)NC(=O)[C@H](CCCNC(=N)N)NC(=O)[C@H](Cc3ccc(O)cc3)NC(=O)[C@H](CCCCNC(CC(C)C)=C3C(=O)CC(C)(C)CC3=O)NC(=O)[C@H](CCC(N)=O)NC(=O)[C@@H]2C)c(OC)c1OC. The molecule has 5 rings (SSSR count). The van der Waals surface area contributed by atoms with Crippen molar-refractivity contribution in [2.45, 2.75) is 217 Å². The van der Waals surface area contributed by atoms with Crippen molar-refractivity contribution in [1.29, 1.82) is 10.8 Å². The molecule has 1 aliphatic carbocycles. The zero-order chi connectivity index (χ0) is 87.0. The van der Waals surface area contributed by atoms with Crippen LogP contribution in [0.25, 0.3) is 0 Å². The third-order valence-corrected chi connectivity index (χ3v) is 19.7. The highest BCUT2D eigenvalue weighted by Gasteiger charge is 2.41. The number of amides is 11. The Hall–Kier alpha value is -11.6. The average molecular weight is 1650 g/mol. The number of nitrogens with one attached hydrogen (secondary N) is 14. The molecular formula is C79H116N18O19S. The van der Waals surface area contributed by atoms with E-state index in [1.54, 1.807) is 44.2 Å². The van der Waals surface area contributed by atoms with Crippen LogP contribution in [-0.4, -0.2) is 211 Å². The standard InChI is InChI=1S/C79H116N18O19S/c1-42(2)32-53(65-58(99)38-79(6,7)39-59(65)100)85-29-15-14-20-50-70(107)95-56(35-46-23-25-47(98)26-24-46)75(112)93-51(22-17-31-87-78(83)84)72(109)96-76(113)57(36-64(103)104)89-55(34-45-18-12-11-13-19-45)74(111)94-54(33-43(3)4)73(110)91-49(21-16-30-86-77(81)82)69(106)88-40-63(102)97(41-48-61(117)37-60(114-8)67(116-10)66(48)115-9)44(5)68(105)90-52(71(108)92-50)27-28-62(80)101/h11-13,18-19,23-26,37,42-44,49-52,54-57,85,89,98,117H,14-17,20-22,27-36,38-41H2,1-10H3,(H2,80,101)(H,88,106)(H,90,105)(H,91,110)(H,92,108)(H,93,112)(H,94,111)(H,95,107)(H,103,104)(H4,81,82,86)(H4,83,84,87)(H,96,109,113)/t44-,49-,50-,51-,52-,54-,55?,56-,57-/m0/s1. The molecular weight excluding hydrogens is 1540 g/mol. The summed E-state index contributed by atoms with van der Waals surface area (Å²) in [6.45, 7) is 10.8. The Morgan fingerprint density at radius 2 is 1.06 bits per heavy atom. The zero-order valence-electron chi connectivity index (χ0n) is 67.9. The van der Waals surface area contributed by atoms with Gasteiger partial charge in [-0.25, -0.2) is 0 Å². The number of nitrogens with two attached hydrogens (primary N) is 3. The molecule has 1 unspecified atom stereocenters. The smallest absolute Gasteiger partial charge is 0.305 e. The van der Waals surface area contributed by atoms with E-state index in [9.17, 15) is 48.6 Å². The lowest BCUT2D eigenvalue weighted by Gasteiger charge is -2.32. The number of Topliss-reactive ketones (excluding diaryl/α,β-unsaturated/α-hetero) is 2. The van der Waals surface area contributed by atoms with Gasteiger partial charge in [-0.05, 0) is 124 Å². The lowest BCUT2D eigenvalue weighted by molar-refractivity contribution is -0.142. The molecule has 3 aromatic rings. The Morgan fingerprint density at radius 1 is 0.581 bits per heavy atom. The van der Waals surface area contributed by atoms with Gasteiger partial charge in [-0.3, -0.25) is 88.6 Å². The van der Waals surface area contributed by atoms with Crippen LogP contribution in [0.1, 0.15) is 155 Å². The highest BCUT2D eigenvalue weighted by atomic mass is 32.1. The number of primary amides is 1. The number of carboxylic acids is 1. The lowest BCUT2D eigenvalue weighted by atomic mass is 9.73. The van der Waals surface area contributed by atoms with Gasteiger partial charge in [-0.15, -0.1) is 12.6 Å². The average Bonchev–Trinajstić information content (AvgIpc) is 0.798. The van der Waals surface area contributed by atoms with Crippen molar-refractivity contribution in [3.63, 3.8) is 0 Å². The number of phenols is 1. The number of carbonyl (C=O) groups is 14. The second-order valence-corrected chi connectivity index (χ2v) is 31.0. The molecule has 22 N–H and O–H groups in total. The molecule has 0 bridgehead atoms.